The number of sulfonamides is 1. The number of hydrogen-bond acceptors (Lipinski definition) is 3. The molecular formula is C16H32BrNO3S. The van der Waals surface area contributed by atoms with Crippen molar-refractivity contribution in [2.24, 2.45) is 5.14 Å². The van der Waals surface area contributed by atoms with E-state index in [0.717, 1.165) is 19.3 Å². The molecular weight excluding hydrogens is 366 g/mol. The quantitative estimate of drug-likeness (QED) is 0.322. The van der Waals surface area contributed by atoms with Crippen LogP contribution in [-0.2, 0) is 14.8 Å². The van der Waals surface area contributed by atoms with Crippen molar-refractivity contribution in [2.45, 2.75) is 95.6 Å². The smallest absolute Gasteiger partial charge is 0.220 e. The fourth-order valence-corrected chi connectivity index (χ4v) is 4.34. The molecule has 0 saturated heterocycles. The summed E-state index contributed by atoms with van der Waals surface area (Å²) in [6.07, 6.45) is 14.9. The first kappa shape index (κ1) is 22.1. The lowest BCUT2D eigenvalue weighted by Gasteiger charge is -2.09. The van der Waals surface area contributed by atoms with Gasteiger partial charge in [0.2, 0.25) is 14.7 Å². The highest BCUT2D eigenvalue weighted by Crippen LogP contribution is 2.16. The van der Waals surface area contributed by atoms with Gasteiger partial charge in [-0.3, -0.25) is 4.79 Å². The third-order valence-electron chi connectivity index (χ3n) is 3.97. The van der Waals surface area contributed by atoms with E-state index in [0.29, 0.717) is 6.42 Å². The maximum atomic E-state index is 11.2. The Labute approximate surface area is 144 Å². The van der Waals surface area contributed by atoms with Crippen molar-refractivity contribution in [3.63, 3.8) is 0 Å². The van der Waals surface area contributed by atoms with E-state index in [1.807, 2.05) is 0 Å². The van der Waals surface area contributed by atoms with Crippen LogP contribution in [0.15, 0.2) is 0 Å². The van der Waals surface area contributed by atoms with E-state index in [1.54, 1.807) is 0 Å². The zero-order valence-electron chi connectivity index (χ0n) is 13.9. The van der Waals surface area contributed by atoms with Gasteiger partial charge in [-0.1, -0.05) is 84.0 Å². The lowest BCUT2D eigenvalue weighted by atomic mass is 10.0. The van der Waals surface area contributed by atoms with E-state index in [-0.39, 0.29) is 0 Å². The lowest BCUT2D eigenvalue weighted by Crippen LogP contribution is -2.32. The minimum atomic E-state index is -3.78. The summed E-state index contributed by atoms with van der Waals surface area (Å²) in [4.78, 5) is 11.2. The fourth-order valence-electron chi connectivity index (χ4n) is 2.58. The van der Waals surface area contributed by atoms with Crippen LogP contribution >= 0.6 is 15.9 Å². The largest absolute Gasteiger partial charge is 0.285 e. The molecule has 4 nitrogen and oxygen atoms in total. The van der Waals surface area contributed by atoms with Gasteiger partial charge < -0.3 is 0 Å². The highest BCUT2D eigenvalue weighted by molar-refractivity contribution is 9.18. The summed E-state index contributed by atoms with van der Waals surface area (Å²) in [5.41, 5.74) is 0. The minimum Gasteiger partial charge on any atom is -0.285 e. The van der Waals surface area contributed by atoms with E-state index < -0.39 is 20.0 Å². The number of halogens is 1. The highest BCUT2D eigenvalue weighted by Gasteiger charge is 2.26. The molecule has 0 bridgehead atoms. The second-order valence-electron chi connectivity index (χ2n) is 6.06. The maximum absolute atomic E-state index is 11.2. The van der Waals surface area contributed by atoms with Gasteiger partial charge in [-0.25, -0.2) is 13.6 Å². The summed E-state index contributed by atoms with van der Waals surface area (Å²) < 4.78 is 21.9. The summed E-state index contributed by atoms with van der Waals surface area (Å²) in [6.45, 7) is 2.24. The van der Waals surface area contributed by atoms with Crippen molar-refractivity contribution < 1.29 is 13.2 Å². The zero-order chi connectivity index (χ0) is 16.8. The molecule has 6 heteroatoms. The molecule has 0 radical (unpaired) electrons. The second-order valence-corrected chi connectivity index (χ2v) is 8.59. The summed E-state index contributed by atoms with van der Waals surface area (Å²) in [6, 6.07) is 0. The van der Waals surface area contributed by atoms with E-state index in [4.69, 9.17) is 5.14 Å². The van der Waals surface area contributed by atoms with Crippen molar-refractivity contribution in [3.05, 3.63) is 0 Å². The molecule has 0 aromatic heterocycles. The molecule has 132 valence electrons. The van der Waals surface area contributed by atoms with Gasteiger partial charge in [-0.15, -0.1) is 0 Å². The number of nitrogens with two attached hydrogens (primary N) is 1. The van der Waals surface area contributed by atoms with E-state index in [9.17, 15) is 13.2 Å². The predicted octanol–water partition coefficient (Wildman–Crippen LogP) is 4.66. The van der Waals surface area contributed by atoms with Gasteiger partial charge in [0.1, 0.15) is 5.25 Å². The Morgan fingerprint density at radius 1 is 0.864 bits per heavy atom. The van der Waals surface area contributed by atoms with Gasteiger partial charge in [0, 0.05) is 0 Å². The first-order chi connectivity index (χ1) is 10.4. The van der Waals surface area contributed by atoms with Gasteiger partial charge in [-0.05, 0) is 22.4 Å². The molecule has 0 aliphatic heterocycles. The van der Waals surface area contributed by atoms with Crippen molar-refractivity contribution in [1.82, 2.24) is 0 Å². The average molecular weight is 398 g/mol. The minimum absolute atomic E-state index is 0.320. The van der Waals surface area contributed by atoms with Crippen molar-refractivity contribution in [3.8, 4) is 0 Å². The molecule has 0 amide bonds. The number of primary sulfonamides is 1. The van der Waals surface area contributed by atoms with Crippen molar-refractivity contribution in [2.75, 3.05) is 0 Å². The summed E-state index contributed by atoms with van der Waals surface area (Å²) >= 11 is 2.71. The third-order valence-corrected chi connectivity index (χ3v) is 6.07. The highest BCUT2D eigenvalue weighted by atomic mass is 79.9. The fraction of sp³-hybridized carbons (Fsp3) is 0.938. The molecule has 1 atom stereocenters. The summed E-state index contributed by atoms with van der Waals surface area (Å²) in [5.74, 6) is 0. The van der Waals surface area contributed by atoms with Gasteiger partial charge >= 0.3 is 0 Å². The molecule has 2 N–H and O–H groups in total. The molecule has 0 heterocycles. The first-order valence-electron chi connectivity index (χ1n) is 8.60. The van der Waals surface area contributed by atoms with Crippen LogP contribution in [-0.4, -0.2) is 18.4 Å². The summed E-state index contributed by atoms with van der Waals surface area (Å²) in [5, 5.41) is 3.95. The number of hydrogen-bond donors (Lipinski definition) is 1. The van der Waals surface area contributed by atoms with E-state index in [2.05, 4.69) is 22.9 Å². The van der Waals surface area contributed by atoms with Crippen LogP contribution in [0.5, 0.6) is 0 Å². The Morgan fingerprint density at radius 2 is 1.23 bits per heavy atom. The van der Waals surface area contributed by atoms with Gasteiger partial charge in [-0.2, -0.15) is 0 Å². The number of rotatable bonds is 15. The van der Waals surface area contributed by atoms with E-state index >= 15 is 0 Å². The third kappa shape index (κ3) is 12.6. The van der Waals surface area contributed by atoms with Crippen LogP contribution in [0.25, 0.3) is 0 Å². The topological polar surface area (TPSA) is 77.2 Å². The molecule has 0 aliphatic rings. The Hall–Kier alpha value is 0.0600. The van der Waals surface area contributed by atoms with Gasteiger partial charge in [0.05, 0.1) is 0 Å². The normalized spacial score (nSPS) is 13.2. The molecule has 0 fully saturated rings. The Bertz CT molecular complexity index is 385. The van der Waals surface area contributed by atoms with Gasteiger partial charge in [0.25, 0.3) is 0 Å². The van der Waals surface area contributed by atoms with Crippen LogP contribution in [0.4, 0.5) is 0 Å². The standard InChI is InChI=1S/C16H32BrNO3S/c1-2-3-4-5-6-7-8-9-10-11-12-13-14-15(16(17)19)22(18,20)21/h15H,2-14H2,1H3,(H2,18,20,21). The zero-order valence-corrected chi connectivity index (χ0v) is 16.3. The first-order valence-corrected chi connectivity index (χ1v) is 11.0. The molecule has 0 saturated carbocycles. The van der Waals surface area contributed by atoms with Crippen molar-refractivity contribution in [1.29, 1.82) is 0 Å². The van der Waals surface area contributed by atoms with Gasteiger partial charge in [0.15, 0.2) is 0 Å². The van der Waals surface area contributed by atoms with Crippen LogP contribution < -0.4 is 5.14 Å². The maximum Gasteiger partial charge on any atom is 0.220 e. The van der Waals surface area contributed by atoms with E-state index in [1.165, 1.54) is 57.8 Å². The van der Waals surface area contributed by atoms with Crippen molar-refractivity contribution >= 4 is 30.6 Å². The number of carbonyl (C=O) groups excluding carboxylic acids is 1. The van der Waals surface area contributed by atoms with Crippen LogP contribution in [0.3, 0.4) is 0 Å². The SMILES string of the molecule is CCCCCCCCCCCCCCC(C(=O)Br)S(N)(=O)=O. The van der Waals surface area contributed by atoms with Crippen LogP contribution in [0.2, 0.25) is 0 Å². The molecule has 0 spiro atoms. The number of unbranched alkanes of at least 4 members (excludes halogenated alkanes) is 11. The molecule has 0 aromatic rings. The molecule has 0 rings (SSSR count). The van der Waals surface area contributed by atoms with Crippen LogP contribution in [0.1, 0.15) is 90.4 Å². The summed E-state index contributed by atoms with van der Waals surface area (Å²) in [7, 11) is -3.78. The molecule has 1 unspecified atom stereocenters. The molecule has 0 aliphatic carbocycles. The predicted molar refractivity (Wildman–Crippen MR) is 96.5 cm³/mol. The Kier molecular flexibility index (Phi) is 13.5. The number of carbonyl (C=O) groups is 1. The lowest BCUT2D eigenvalue weighted by molar-refractivity contribution is -0.110. The van der Waals surface area contributed by atoms with Crippen LogP contribution in [0, 0.1) is 0 Å². The Morgan fingerprint density at radius 3 is 1.55 bits per heavy atom. The monoisotopic (exact) mass is 397 g/mol. The average Bonchev–Trinajstić information content (AvgIpc) is 2.42. The second kappa shape index (κ2) is 13.5. The Balaban J connectivity index is 3.45. The molecule has 22 heavy (non-hydrogen) atoms. The molecule has 0 aromatic carbocycles.